The second-order valence-corrected chi connectivity index (χ2v) is 11.2. The summed E-state index contributed by atoms with van der Waals surface area (Å²) in [6.45, 7) is 6.61. The summed E-state index contributed by atoms with van der Waals surface area (Å²) < 4.78 is 16.1. The normalized spacial score (nSPS) is 46.4. The zero-order valence-corrected chi connectivity index (χ0v) is 20.2. The Morgan fingerprint density at radius 3 is 2.27 bits per heavy atom. The van der Waals surface area contributed by atoms with Crippen molar-refractivity contribution < 1.29 is 38.5 Å². The molecule has 33 heavy (non-hydrogen) atoms. The maximum atomic E-state index is 13.8. The molecule has 0 heterocycles. The number of hydrogen-bond donors (Lipinski definition) is 1. The van der Waals surface area contributed by atoms with Crippen molar-refractivity contribution in [1.82, 2.24) is 0 Å². The Balaban J connectivity index is 1.72. The van der Waals surface area contributed by atoms with Crippen LogP contribution in [0.2, 0.25) is 0 Å². The van der Waals surface area contributed by atoms with Gasteiger partial charge in [-0.25, -0.2) is 0 Å². The summed E-state index contributed by atoms with van der Waals surface area (Å²) in [5.41, 5.74) is -2.93. The van der Waals surface area contributed by atoms with E-state index in [1.54, 1.807) is 6.92 Å². The molecule has 4 rings (SSSR count). The fourth-order valence-corrected chi connectivity index (χ4v) is 8.19. The number of ether oxygens (including phenoxy) is 3. The van der Waals surface area contributed by atoms with Crippen molar-refractivity contribution in [2.24, 2.45) is 34.5 Å². The van der Waals surface area contributed by atoms with E-state index in [-0.39, 0.29) is 42.0 Å². The lowest BCUT2D eigenvalue weighted by atomic mass is 9.42. The molecule has 4 aliphatic rings. The Hall–Kier alpha value is -1.96. The highest BCUT2D eigenvalue weighted by atomic mass is 16.6. The van der Waals surface area contributed by atoms with Crippen molar-refractivity contribution in [3.8, 4) is 0 Å². The maximum absolute atomic E-state index is 13.8. The Morgan fingerprint density at radius 1 is 1.00 bits per heavy atom. The third kappa shape index (κ3) is 3.43. The van der Waals surface area contributed by atoms with Crippen LogP contribution in [0.25, 0.3) is 0 Å². The molecule has 0 aromatic carbocycles. The van der Waals surface area contributed by atoms with Crippen LogP contribution in [0.4, 0.5) is 0 Å². The molecule has 0 amide bonds. The molecule has 4 saturated carbocycles. The fourth-order valence-electron chi connectivity index (χ4n) is 8.19. The first kappa shape index (κ1) is 24.2. The van der Waals surface area contributed by atoms with Crippen molar-refractivity contribution >= 4 is 23.7 Å². The zero-order valence-electron chi connectivity index (χ0n) is 20.2. The monoisotopic (exact) mass is 464 g/mol. The van der Waals surface area contributed by atoms with Crippen LogP contribution in [0.5, 0.6) is 0 Å². The molecule has 8 nitrogen and oxygen atoms in total. The summed E-state index contributed by atoms with van der Waals surface area (Å²) in [6.07, 6.45) is 2.63. The standard InChI is InChI=1S/C25H36O8/c1-13(26)32-16-8-9-23(3)15(10-16)6-7-17-21(23)19(28)12-24(4)18(22(29)31-5)11-20(25(17,24)30)33-14(2)27/h15-18,20-21,30H,6-12H2,1-5H3/t15-,16-,17-,18+,20+,21+,23+,24-,25-/m1/s1. The second-order valence-electron chi connectivity index (χ2n) is 11.2. The molecule has 0 unspecified atom stereocenters. The van der Waals surface area contributed by atoms with Crippen molar-refractivity contribution in [2.75, 3.05) is 7.11 Å². The van der Waals surface area contributed by atoms with Gasteiger partial charge in [0.2, 0.25) is 0 Å². The molecule has 184 valence electrons. The third-order valence-corrected chi connectivity index (χ3v) is 9.63. The number of Topliss-reactive ketones (excluding diaryl/α,β-unsaturated/α-hetero) is 1. The lowest BCUT2D eigenvalue weighted by molar-refractivity contribution is -0.235. The predicted molar refractivity (Wildman–Crippen MR) is 116 cm³/mol. The van der Waals surface area contributed by atoms with Crippen molar-refractivity contribution in [1.29, 1.82) is 0 Å². The van der Waals surface area contributed by atoms with Gasteiger partial charge in [-0.2, -0.15) is 0 Å². The predicted octanol–water partition coefficient (Wildman–Crippen LogP) is 2.59. The number of carbonyl (C=O) groups excluding carboxylic acids is 4. The summed E-state index contributed by atoms with van der Waals surface area (Å²) in [7, 11) is 1.30. The Bertz CT molecular complexity index is 868. The quantitative estimate of drug-likeness (QED) is 0.500. The molecule has 0 saturated heterocycles. The summed E-state index contributed by atoms with van der Waals surface area (Å²) >= 11 is 0. The number of methoxy groups -OCH3 is 1. The molecule has 0 aliphatic heterocycles. The Kier molecular flexibility index (Phi) is 5.91. The van der Waals surface area contributed by atoms with E-state index in [0.717, 1.165) is 6.42 Å². The van der Waals surface area contributed by atoms with E-state index in [1.807, 2.05) is 0 Å². The van der Waals surface area contributed by atoms with Gasteiger partial charge in [0.05, 0.1) is 13.0 Å². The van der Waals surface area contributed by atoms with Crippen molar-refractivity contribution in [3.63, 3.8) is 0 Å². The number of rotatable bonds is 3. The van der Waals surface area contributed by atoms with E-state index in [1.165, 1.54) is 21.0 Å². The molecule has 1 N–H and O–H groups in total. The first-order chi connectivity index (χ1) is 15.4. The van der Waals surface area contributed by atoms with Gasteiger partial charge in [-0.05, 0) is 43.4 Å². The lowest BCUT2D eigenvalue weighted by Crippen LogP contribution is -2.68. The average molecular weight is 465 g/mol. The summed E-state index contributed by atoms with van der Waals surface area (Å²) in [6, 6.07) is 0. The van der Waals surface area contributed by atoms with E-state index >= 15 is 0 Å². The van der Waals surface area contributed by atoms with Gasteiger partial charge in [0.15, 0.2) is 0 Å². The van der Waals surface area contributed by atoms with Gasteiger partial charge < -0.3 is 19.3 Å². The molecule has 9 atom stereocenters. The lowest BCUT2D eigenvalue weighted by Gasteiger charge is -2.62. The molecule has 4 fully saturated rings. The average Bonchev–Trinajstić information content (AvgIpc) is 2.94. The van der Waals surface area contributed by atoms with Gasteiger partial charge in [0.1, 0.15) is 23.6 Å². The fraction of sp³-hybridized carbons (Fsp3) is 0.840. The minimum atomic E-state index is -1.50. The number of hydrogen-bond acceptors (Lipinski definition) is 8. The first-order valence-electron chi connectivity index (χ1n) is 12.1. The summed E-state index contributed by atoms with van der Waals surface area (Å²) in [4.78, 5) is 49.9. The summed E-state index contributed by atoms with van der Waals surface area (Å²) in [5.74, 6) is -2.60. The van der Waals surface area contributed by atoms with Crippen LogP contribution in [0, 0.1) is 34.5 Å². The van der Waals surface area contributed by atoms with Gasteiger partial charge in [-0.3, -0.25) is 19.2 Å². The van der Waals surface area contributed by atoms with E-state index in [4.69, 9.17) is 14.2 Å². The Labute approximate surface area is 194 Å². The number of carbonyl (C=O) groups is 4. The van der Waals surface area contributed by atoms with Crippen LogP contribution in [-0.2, 0) is 33.4 Å². The van der Waals surface area contributed by atoms with Crippen LogP contribution >= 0.6 is 0 Å². The SMILES string of the molecule is COC(=O)[C@@H]1C[C@H](OC(C)=O)[C@]2(O)[C@@H]3CC[C@@H]4C[C@H](OC(C)=O)CC[C@]4(C)[C@@H]3C(=O)C[C@]12C. The number of fused-ring (bicyclic) bond motifs is 5. The number of esters is 3. The minimum Gasteiger partial charge on any atom is -0.469 e. The van der Waals surface area contributed by atoms with Crippen LogP contribution in [0.15, 0.2) is 0 Å². The zero-order chi connectivity index (χ0) is 24.3. The summed E-state index contributed by atoms with van der Waals surface area (Å²) in [5, 5.41) is 12.4. The smallest absolute Gasteiger partial charge is 0.309 e. The van der Waals surface area contributed by atoms with E-state index in [0.29, 0.717) is 25.7 Å². The van der Waals surface area contributed by atoms with Gasteiger partial charge in [0, 0.05) is 43.9 Å². The van der Waals surface area contributed by atoms with Crippen molar-refractivity contribution in [3.05, 3.63) is 0 Å². The highest BCUT2D eigenvalue weighted by Gasteiger charge is 2.75. The molecular weight excluding hydrogens is 428 g/mol. The number of ketones is 1. The Morgan fingerprint density at radius 2 is 1.67 bits per heavy atom. The van der Waals surface area contributed by atoms with E-state index in [9.17, 15) is 24.3 Å². The van der Waals surface area contributed by atoms with Gasteiger partial charge in [-0.1, -0.05) is 13.8 Å². The van der Waals surface area contributed by atoms with Crippen LogP contribution < -0.4 is 0 Å². The van der Waals surface area contributed by atoms with Gasteiger partial charge >= 0.3 is 17.9 Å². The van der Waals surface area contributed by atoms with Gasteiger partial charge in [0.25, 0.3) is 0 Å². The highest BCUT2D eigenvalue weighted by Crippen LogP contribution is 2.68. The molecule has 0 bridgehead atoms. The van der Waals surface area contributed by atoms with Crippen LogP contribution in [0.1, 0.15) is 72.6 Å². The second kappa shape index (κ2) is 8.07. The van der Waals surface area contributed by atoms with E-state index < -0.39 is 46.8 Å². The molecule has 0 aromatic rings. The first-order valence-corrected chi connectivity index (χ1v) is 12.1. The molecule has 0 radical (unpaired) electrons. The number of aliphatic hydroxyl groups is 1. The molecule has 0 spiro atoms. The topological polar surface area (TPSA) is 116 Å². The molecule has 8 heteroatoms. The largest absolute Gasteiger partial charge is 0.469 e. The van der Waals surface area contributed by atoms with E-state index in [2.05, 4.69) is 6.92 Å². The highest BCUT2D eigenvalue weighted by molar-refractivity contribution is 5.87. The van der Waals surface area contributed by atoms with Crippen LogP contribution in [-0.4, -0.2) is 53.7 Å². The van der Waals surface area contributed by atoms with Crippen LogP contribution in [0.3, 0.4) is 0 Å². The van der Waals surface area contributed by atoms with Crippen molar-refractivity contribution in [2.45, 2.75) is 90.4 Å². The third-order valence-electron chi connectivity index (χ3n) is 9.63. The maximum Gasteiger partial charge on any atom is 0.309 e. The molecule has 4 aliphatic carbocycles. The molecular formula is C25H36O8. The minimum absolute atomic E-state index is 0.0396. The molecule has 0 aromatic heterocycles. The van der Waals surface area contributed by atoms with Gasteiger partial charge in [-0.15, -0.1) is 0 Å².